The van der Waals surface area contributed by atoms with Gasteiger partial charge in [-0.25, -0.2) is 0 Å². The summed E-state index contributed by atoms with van der Waals surface area (Å²) in [7, 11) is 0. The van der Waals surface area contributed by atoms with E-state index in [9.17, 15) is 0 Å². The van der Waals surface area contributed by atoms with Crippen molar-refractivity contribution in [3.63, 3.8) is 0 Å². The van der Waals surface area contributed by atoms with Crippen LogP contribution in [0.2, 0.25) is 10.0 Å². The van der Waals surface area contributed by atoms with Crippen LogP contribution in [0.1, 0.15) is 12.8 Å². The van der Waals surface area contributed by atoms with E-state index in [-0.39, 0.29) is 6.04 Å². The number of para-hydroxylation sites is 1. The number of benzene rings is 2. The fourth-order valence-electron chi connectivity index (χ4n) is 3.51. The van der Waals surface area contributed by atoms with Crippen molar-refractivity contribution in [2.24, 2.45) is 5.73 Å². The third-order valence-corrected chi connectivity index (χ3v) is 5.21. The van der Waals surface area contributed by atoms with E-state index in [1.807, 2.05) is 30.5 Å². The first kappa shape index (κ1) is 16.6. The molecule has 25 heavy (non-hydrogen) atoms. The lowest BCUT2D eigenvalue weighted by Crippen LogP contribution is -2.40. The van der Waals surface area contributed by atoms with Crippen LogP contribution in [0.5, 0.6) is 0 Å². The average molecular weight is 372 g/mol. The second kappa shape index (κ2) is 6.83. The van der Waals surface area contributed by atoms with E-state index in [2.05, 4.69) is 22.0 Å². The van der Waals surface area contributed by atoms with Crippen molar-refractivity contribution in [1.82, 2.24) is 4.98 Å². The molecular weight excluding hydrogens is 353 g/mol. The van der Waals surface area contributed by atoms with E-state index in [1.54, 1.807) is 6.07 Å². The van der Waals surface area contributed by atoms with E-state index in [0.29, 0.717) is 10.0 Å². The van der Waals surface area contributed by atoms with Crippen LogP contribution in [-0.2, 0) is 0 Å². The van der Waals surface area contributed by atoms with Gasteiger partial charge < -0.3 is 10.6 Å². The molecule has 128 valence electrons. The highest BCUT2D eigenvalue weighted by molar-refractivity contribution is 6.35. The molecule has 0 unspecified atom stereocenters. The summed E-state index contributed by atoms with van der Waals surface area (Å²) in [6, 6.07) is 14.2. The van der Waals surface area contributed by atoms with Gasteiger partial charge in [0, 0.05) is 46.3 Å². The maximum absolute atomic E-state index is 6.24. The quantitative estimate of drug-likeness (QED) is 0.678. The number of nitrogens with zero attached hydrogens (tertiary/aromatic N) is 2. The van der Waals surface area contributed by atoms with Gasteiger partial charge in [-0.3, -0.25) is 4.98 Å². The molecule has 1 saturated heterocycles. The zero-order valence-electron chi connectivity index (χ0n) is 13.8. The lowest BCUT2D eigenvalue weighted by atomic mass is 9.98. The molecule has 1 aliphatic rings. The van der Waals surface area contributed by atoms with Crippen LogP contribution in [0.15, 0.2) is 48.7 Å². The molecular formula is C20H19Cl2N3. The summed E-state index contributed by atoms with van der Waals surface area (Å²) in [5.41, 5.74) is 10.3. The summed E-state index contributed by atoms with van der Waals surface area (Å²) in [5, 5.41) is 2.40. The third kappa shape index (κ3) is 3.32. The van der Waals surface area contributed by atoms with E-state index in [4.69, 9.17) is 28.9 Å². The smallest absolute Gasteiger partial charge is 0.0723 e. The van der Waals surface area contributed by atoms with Crippen molar-refractivity contribution in [3.8, 4) is 11.1 Å². The Morgan fingerprint density at radius 1 is 1.00 bits per heavy atom. The molecule has 0 saturated carbocycles. The third-order valence-electron chi connectivity index (χ3n) is 4.78. The van der Waals surface area contributed by atoms with Crippen LogP contribution < -0.4 is 10.6 Å². The highest BCUT2D eigenvalue weighted by Gasteiger charge is 2.22. The zero-order valence-corrected chi connectivity index (χ0v) is 15.3. The van der Waals surface area contributed by atoms with Gasteiger partial charge in [0.2, 0.25) is 0 Å². The van der Waals surface area contributed by atoms with Crippen LogP contribution in [0.3, 0.4) is 0 Å². The number of rotatable bonds is 2. The molecule has 4 rings (SSSR count). The maximum atomic E-state index is 6.24. The SMILES string of the molecule is NC1CCN(c2c(-c3cc(Cl)cc(Cl)c3)cnc3ccccc23)CC1. The van der Waals surface area contributed by atoms with E-state index in [1.165, 1.54) is 5.69 Å². The minimum absolute atomic E-state index is 0.286. The van der Waals surface area contributed by atoms with Gasteiger partial charge in [0.25, 0.3) is 0 Å². The minimum Gasteiger partial charge on any atom is -0.370 e. The number of hydrogen-bond donors (Lipinski definition) is 1. The monoisotopic (exact) mass is 371 g/mol. The van der Waals surface area contributed by atoms with E-state index in [0.717, 1.165) is 48.0 Å². The molecule has 0 atom stereocenters. The lowest BCUT2D eigenvalue weighted by molar-refractivity contribution is 0.502. The van der Waals surface area contributed by atoms with Crippen molar-refractivity contribution in [2.75, 3.05) is 18.0 Å². The molecule has 2 N–H and O–H groups in total. The van der Waals surface area contributed by atoms with Crippen molar-refractivity contribution in [1.29, 1.82) is 0 Å². The summed E-state index contributed by atoms with van der Waals surface area (Å²) in [6.45, 7) is 1.88. The molecule has 5 heteroatoms. The molecule has 3 nitrogen and oxygen atoms in total. The maximum Gasteiger partial charge on any atom is 0.0723 e. The fraction of sp³-hybridized carbons (Fsp3) is 0.250. The number of pyridine rings is 1. The minimum atomic E-state index is 0.286. The first-order chi connectivity index (χ1) is 12.1. The van der Waals surface area contributed by atoms with Gasteiger partial charge in [-0.1, -0.05) is 41.4 Å². The van der Waals surface area contributed by atoms with Crippen molar-refractivity contribution in [3.05, 3.63) is 58.7 Å². The topological polar surface area (TPSA) is 42.1 Å². The largest absolute Gasteiger partial charge is 0.370 e. The lowest BCUT2D eigenvalue weighted by Gasteiger charge is -2.34. The number of piperidine rings is 1. The summed E-state index contributed by atoms with van der Waals surface area (Å²) >= 11 is 12.5. The normalized spacial score (nSPS) is 15.7. The van der Waals surface area contributed by atoms with Crippen LogP contribution in [-0.4, -0.2) is 24.1 Å². The van der Waals surface area contributed by atoms with Gasteiger partial charge in [-0.05, 0) is 42.7 Å². The molecule has 3 aromatic rings. The van der Waals surface area contributed by atoms with Gasteiger partial charge in [-0.15, -0.1) is 0 Å². The fourth-order valence-corrected chi connectivity index (χ4v) is 4.04. The molecule has 0 bridgehead atoms. The number of nitrogens with two attached hydrogens (primary N) is 1. The first-order valence-corrected chi connectivity index (χ1v) is 9.22. The van der Waals surface area contributed by atoms with Crippen molar-refractivity contribution < 1.29 is 0 Å². The highest BCUT2D eigenvalue weighted by atomic mass is 35.5. The van der Waals surface area contributed by atoms with Crippen LogP contribution in [0.25, 0.3) is 22.0 Å². The molecule has 1 aromatic heterocycles. The molecule has 0 spiro atoms. The Labute approximate surface area is 157 Å². The molecule has 2 heterocycles. The Hall–Kier alpha value is -1.81. The Morgan fingerprint density at radius 2 is 1.68 bits per heavy atom. The second-order valence-corrected chi connectivity index (χ2v) is 7.39. The highest BCUT2D eigenvalue weighted by Crippen LogP contribution is 2.39. The zero-order chi connectivity index (χ0) is 17.4. The Morgan fingerprint density at radius 3 is 2.40 bits per heavy atom. The molecule has 0 aliphatic carbocycles. The van der Waals surface area contributed by atoms with Gasteiger partial charge in [0.05, 0.1) is 11.2 Å². The standard InChI is InChI=1S/C20H19Cl2N3/c21-14-9-13(10-15(22)11-14)18-12-24-19-4-2-1-3-17(19)20(18)25-7-5-16(23)6-8-25/h1-4,9-12,16H,5-8,23H2. The summed E-state index contributed by atoms with van der Waals surface area (Å²) in [6.07, 6.45) is 3.91. The number of halogens is 2. The van der Waals surface area contributed by atoms with Gasteiger partial charge in [-0.2, -0.15) is 0 Å². The number of fused-ring (bicyclic) bond motifs is 1. The Bertz CT molecular complexity index is 898. The van der Waals surface area contributed by atoms with Crippen molar-refractivity contribution >= 4 is 39.8 Å². The van der Waals surface area contributed by atoms with Crippen molar-refractivity contribution in [2.45, 2.75) is 18.9 Å². The summed E-state index contributed by atoms with van der Waals surface area (Å²) in [5.74, 6) is 0. The predicted molar refractivity (Wildman–Crippen MR) is 107 cm³/mol. The molecule has 0 amide bonds. The molecule has 0 radical (unpaired) electrons. The molecule has 2 aromatic carbocycles. The molecule has 1 aliphatic heterocycles. The van der Waals surface area contributed by atoms with Gasteiger partial charge in [0.1, 0.15) is 0 Å². The predicted octanol–water partition coefficient (Wildman–Crippen LogP) is 5.14. The van der Waals surface area contributed by atoms with Crippen LogP contribution >= 0.6 is 23.2 Å². The second-order valence-electron chi connectivity index (χ2n) is 6.52. The van der Waals surface area contributed by atoms with Gasteiger partial charge >= 0.3 is 0 Å². The number of anilines is 1. The number of aromatic nitrogens is 1. The van der Waals surface area contributed by atoms with Crippen LogP contribution in [0, 0.1) is 0 Å². The Balaban J connectivity index is 1.93. The Kier molecular flexibility index (Phi) is 4.55. The average Bonchev–Trinajstić information content (AvgIpc) is 2.61. The molecule has 1 fully saturated rings. The van der Waals surface area contributed by atoms with E-state index < -0.39 is 0 Å². The van der Waals surface area contributed by atoms with Gasteiger partial charge in [0.15, 0.2) is 0 Å². The number of hydrogen-bond acceptors (Lipinski definition) is 3. The summed E-state index contributed by atoms with van der Waals surface area (Å²) in [4.78, 5) is 7.06. The summed E-state index contributed by atoms with van der Waals surface area (Å²) < 4.78 is 0. The first-order valence-electron chi connectivity index (χ1n) is 8.46. The van der Waals surface area contributed by atoms with Crippen LogP contribution in [0.4, 0.5) is 5.69 Å². The van der Waals surface area contributed by atoms with E-state index >= 15 is 0 Å².